The number of thioether (sulfide) groups is 1. The van der Waals surface area contributed by atoms with E-state index in [1.54, 1.807) is 7.11 Å². The Hall–Kier alpha value is 0.790. The molecule has 90 valence electrons. The summed E-state index contributed by atoms with van der Waals surface area (Å²) in [6, 6.07) is 0. The number of alkyl halides is 1. The van der Waals surface area contributed by atoms with Crippen molar-refractivity contribution in [1.82, 2.24) is 0 Å². The molecule has 1 aliphatic carbocycles. The van der Waals surface area contributed by atoms with Gasteiger partial charge in [0.2, 0.25) is 0 Å². The molecule has 1 rings (SSSR count). The van der Waals surface area contributed by atoms with E-state index in [-0.39, 0.29) is 0 Å². The fourth-order valence-electron chi connectivity index (χ4n) is 2.23. The lowest BCUT2D eigenvalue weighted by molar-refractivity contribution is 0.218. The summed E-state index contributed by atoms with van der Waals surface area (Å²) >= 11 is 5.79. The SMILES string of the molecule is COCCSCC1(CBr)CCCCCC1. The largest absolute Gasteiger partial charge is 0.384 e. The van der Waals surface area contributed by atoms with Crippen LogP contribution in [0, 0.1) is 5.41 Å². The predicted molar refractivity (Wildman–Crippen MR) is 73.1 cm³/mol. The summed E-state index contributed by atoms with van der Waals surface area (Å²) in [6.07, 6.45) is 8.57. The van der Waals surface area contributed by atoms with Gasteiger partial charge < -0.3 is 4.74 Å². The first-order chi connectivity index (χ1) is 7.33. The zero-order chi connectivity index (χ0) is 11.0. The van der Waals surface area contributed by atoms with Gasteiger partial charge in [0, 0.05) is 18.2 Å². The van der Waals surface area contributed by atoms with E-state index < -0.39 is 0 Å². The van der Waals surface area contributed by atoms with E-state index in [1.165, 1.54) is 49.6 Å². The topological polar surface area (TPSA) is 9.23 Å². The third-order valence-corrected chi connectivity index (χ3v) is 5.75. The molecule has 1 aliphatic rings. The van der Waals surface area contributed by atoms with Gasteiger partial charge in [0.1, 0.15) is 0 Å². The van der Waals surface area contributed by atoms with E-state index >= 15 is 0 Å². The van der Waals surface area contributed by atoms with Crippen LogP contribution in [-0.2, 0) is 4.74 Å². The zero-order valence-electron chi connectivity index (χ0n) is 9.77. The average Bonchev–Trinajstić information content (AvgIpc) is 2.51. The minimum absolute atomic E-state index is 0.578. The molecule has 0 N–H and O–H groups in total. The van der Waals surface area contributed by atoms with Crippen LogP contribution in [0.3, 0.4) is 0 Å². The number of rotatable bonds is 6. The fraction of sp³-hybridized carbons (Fsp3) is 1.00. The number of hydrogen-bond acceptors (Lipinski definition) is 2. The smallest absolute Gasteiger partial charge is 0.0552 e. The molecular weight excluding hydrogens is 272 g/mol. The van der Waals surface area contributed by atoms with Crippen LogP contribution in [0.2, 0.25) is 0 Å². The molecule has 0 radical (unpaired) electrons. The van der Waals surface area contributed by atoms with E-state index in [9.17, 15) is 0 Å². The van der Waals surface area contributed by atoms with Gasteiger partial charge in [-0.15, -0.1) is 0 Å². The lowest BCUT2D eigenvalue weighted by atomic mass is 9.85. The molecule has 0 heterocycles. The highest BCUT2D eigenvalue weighted by molar-refractivity contribution is 9.09. The van der Waals surface area contributed by atoms with Crippen molar-refractivity contribution in [1.29, 1.82) is 0 Å². The Morgan fingerprint density at radius 1 is 1.20 bits per heavy atom. The quantitative estimate of drug-likeness (QED) is 0.414. The molecule has 15 heavy (non-hydrogen) atoms. The maximum atomic E-state index is 5.09. The zero-order valence-corrected chi connectivity index (χ0v) is 12.2. The van der Waals surface area contributed by atoms with Crippen LogP contribution in [0.5, 0.6) is 0 Å². The van der Waals surface area contributed by atoms with Crippen molar-refractivity contribution < 1.29 is 4.74 Å². The van der Waals surface area contributed by atoms with Gasteiger partial charge in [-0.2, -0.15) is 11.8 Å². The molecule has 0 spiro atoms. The molecule has 0 aromatic rings. The molecule has 1 saturated carbocycles. The van der Waals surface area contributed by atoms with Crippen LogP contribution < -0.4 is 0 Å². The molecule has 0 bridgehead atoms. The van der Waals surface area contributed by atoms with Gasteiger partial charge in [-0.05, 0) is 24.0 Å². The van der Waals surface area contributed by atoms with E-state index in [4.69, 9.17) is 4.74 Å². The van der Waals surface area contributed by atoms with Gasteiger partial charge in [0.15, 0.2) is 0 Å². The summed E-state index contributed by atoms with van der Waals surface area (Å²) in [7, 11) is 1.78. The molecule has 0 unspecified atom stereocenters. The molecule has 3 heteroatoms. The van der Waals surface area contributed by atoms with Gasteiger partial charge in [0.25, 0.3) is 0 Å². The standard InChI is InChI=1S/C12H23BrOS/c1-14-8-9-15-11-12(10-13)6-4-2-3-5-7-12/h2-11H2,1H3. The highest BCUT2D eigenvalue weighted by atomic mass is 79.9. The normalized spacial score (nSPS) is 21.2. The fourth-order valence-corrected chi connectivity index (χ4v) is 4.50. The second kappa shape index (κ2) is 7.97. The van der Waals surface area contributed by atoms with Crippen molar-refractivity contribution in [3.8, 4) is 0 Å². The molecule has 0 atom stereocenters. The van der Waals surface area contributed by atoms with Crippen LogP contribution in [0.4, 0.5) is 0 Å². The Bertz CT molecular complexity index is 156. The van der Waals surface area contributed by atoms with Crippen molar-refractivity contribution in [3.05, 3.63) is 0 Å². The molecule has 1 nitrogen and oxygen atoms in total. The minimum atomic E-state index is 0.578. The van der Waals surface area contributed by atoms with Crippen LogP contribution in [0.15, 0.2) is 0 Å². The van der Waals surface area contributed by atoms with Crippen LogP contribution in [0.25, 0.3) is 0 Å². The average molecular weight is 295 g/mol. The molecule has 0 aromatic carbocycles. The van der Waals surface area contributed by atoms with Gasteiger partial charge in [-0.1, -0.05) is 41.6 Å². The van der Waals surface area contributed by atoms with E-state index in [0.29, 0.717) is 5.41 Å². The third kappa shape index (κ3) is 5.10. The molecule has 0 saturated heterocycles. The number of ether oxygens (including phenoxy) is 1. The number of methoxy groups -OCH3 is 1. The maximum absolute atomic E-state index is 5.09. The van der Waals surface area contributed by atoms with Gasteiger partial charge in [0.05, 0.1) is 6.61 Å². The van der Waals surface area contributed by atoms with Crippen LogP contribution in [-0.4, -0.2) is 30.6 Å². The summed E-state index contributed by atoms with van der Waals surface area (Å²) < 4.78 is 5.09. The summed E-state index contributed by atoms with van der Waals surface area (Å²) in [5, 5.41) is 1.18. The number of hydrogen-bond donors (Lipinski definition) is 0. The van der Waals surface area contributed by atoms with Gasteiger partial charge >= 0.3 is 0 Å². The number of halogens is 1. The molecule has 1 fully saturated rings. The first-order valence-corrected chi connectivity index (χ1v) is 8.23. The van der Waals surface area contributed by atoms with Crippen LogP contribution >= 0.6 is 27.7 Å². The summed E-state index contributed by atoms with van der Waals surface area (Å²) in [5.41, 5.74) is 0.578. The highest BCUT2D eigenvalue weighted by Gasteiger charge is 2.29. The molecular formula is C12H23BrOS. The van der Waals surface area contributed by atoms with E-state index in [2.05, 4.69) is 27.7 Å². The van der Waals surface area contributed by atoms with Gasteiger partial charge in [-0.3, -0.25) is 0 Å². The Morgan fingerprint density at radius 3 is 2.40 bits per heavy atom. The Kier molecular flexibility index (Phi) is 7.36. The minimum Gasteiger partial charge on any atom is -0.384 e. The molecule has 0 aromatic heterocycles. The van der Waals surface area contributed by atoms with Crippen LogP contribution in [0.1, 0.15) is 38.5 Å². The Morgan fingerprint density at radius 2 is 1.87 bits per heavy atom. The second-order valence-electron chi connectivity index (χ2n) is 4.59. The first-order valence-electron chi connectivity index (χ1n) is 5.96. The van der Waals surface area contributed by atoms with Crippen molar-refractivity contribution in [2.75, 3.05) is 30.6 Å². The van der Waals surface area contributed by atoms with Gasteiger partial charge in [-0.25, -0.2) is 0 Å². The second-order valence-corrected chi connectivity index (χ2v) is 6.26. The lowest BCUT2D eigenvalue weighted by Gasteiger charge is -2.30. The van der Waals surface area contributed by atoms with Crippen molar-refractivity contribution in [2.24, 2.45) is 5.41 Å². The monoisotopic (exact) mass is 294 g/mol. The Balaban J connectivity index is 2.29. The first kappa shape index (κ1) is 13.9. The van der Waals surface area contributed by atoms with E-state index in [0.717, 1.165) is 12.4 Å². The third-order valence-electron chi connectivity index (χ3n) is 3.29. The molecule has 0 aliphatic heterocycles. The lowest BCUT2D eigenvalue weighted by Crippen LogP contribution is -2.25. The summed E-state index contributed by atoms with van der Waals surface area (Å²) in [6.45, 7) is 0.892. The van der Waals surface area contributed by atoms with E-state index in [1.807, 2.05) is 0 Å². The summed E-state index contributed by atoms with van der Waals surface area (Å²) in [5.74, 6) is 2.45. The molecule has 0 amide bonds. The maximum Gasteiger partial charge on any atom is 0.0552 e. The van der Waals surface area contributed by atoms with Crippen molar-refractivity contribution >= 4 is 27.7 Å². The summed E-state index contributed by atoms with van der Waals surface area (Å²) in [4.78, 5) is 0. The highest BCUT2D eigenvalue weighted by Crippen LogP contribution is 2.39. The Labute approximate surface area is 107 Å². The van der Waals surface area contributed by atoms with Crippen molar-refractivity contribution in [3.63, 3.8) is 0 Å². The van der Waals surface area contributed by atoms with Crippen molar-refractivity contribution in [2.45, 2.75) is 38.5 Å². The predicted octanol–water partition coefficient (Wildman–Crippen LogP) is 4.10.